The van der Waals surface area contributed by atoms with Gasteiger partial charge in [0.05, 0.1) is 6.42 Å². The Balaban J connectivity index is 0.00000144. The van der Waals surface area contributed by atoms with E-state index in [-0.39, 0.29) is 24.7 Å². The van der Waals surface area contributed by atoms with Gasteiger partial charge in [-0.2, -0.15) is 0 Å². The number of benzene rings is 1. The van der Waals surface area contributed by atoms with E-state index in [0.717, 1.165) is 24.9 Å². The lowest BCUT2D eigenvalue weighted by Gasteiger charge is -2.15. The van der Waals surface area contributed by atoms with Crippen molar-refractivity contribution in [2.75, 3.05) is 5.73 Å². The Kier molecular flexibility index (Phi) is 4.40. The van der Waals surface area contributed by atoms with Crippen molar-refractivity contribution in [3.63, 3.8) is 0 Å². The molecule has 0 fully saturated rings. The molecule has 1 aromatic rings. The number of carboxylic acids is 1. The Labute approximate surface area is 107 Å². The lowest BCUT2D eigenvalue weighted by Crippen LogP contribution is -2.06. The van der Waals surface area contributed by atoms with Crippen LogP contribution < -0.4 is 5.73 Å². The number of hydrogen-bond donors (Lipinski definition) is 2. The molecule has 3 nitrogen and oxygen atoms in total. The lowest BCUT2D eigenvalue weighted by atomic mass is 9.90. The molecule has 0 radical (unpaired) electrons. The minimum atomic E-state index is -0.740. The van der Waals surface area contributed by atoms with Gasteiger partial charge in [-0.05, 0) is 47.9 Å². The molecule has 0 saturated carbocycles. The van der Waals surface area contributed by atoms with Crippen molar-refractivity contribution >= 4 is 24.1 Å². The predicted octanol–water partition coefficient (Wildman–Crippen LogP) is 2.76. The Morgan fingerprint density at radius 1 is 1.41 bits per heavy atom. The van der Waals surface area contributed by atoms with E-state index in [9.17, 15) is 4.79 Å². The van der Waals surface area contributed by atoms with Gasteiger partial charge in [-0.15, -0.1) is 12.4 Å². The van der Waals surface area contributed by atoms with Gasteiger partial charge >= 0.3 is 5.97 Å². The molecule has 0 bridgehead atoms. The first-order valence-electron chi connectivity index (χ1n) is 5.71. The third-order valence-electron chi connectivity index (χ3n) is 3.37. The largest absolute Gasteiger partial charge is 0.481 e. The molecule has 0 heterocycles. The van der Waals surface area contributed by atoms with Gasteiger partial charge in [-0.3, -0.25) is 4.79 Å². The highest BCUT2D eigenvalue weighted by Gasteiger charge is 2.21. The van der Waals surface area contributed by atoms with Crippen LogP contribution >= 0.6 is 12.4 Å². The van der Waals surface area contributed by atoms with E-state index in [1.165, 1.54) is 16.7 Å². The molecular formula is C13H18ClNO2. The van der Waals surface area contributed by atoms with Crippen molar-refractivity contribution in [2.45, 2.75) is 38.5 Å². The number of nitrogen functional groups attached to an aromatic ring is 1. The summed E-state index contributed by atoms with van der Waals surface area (Å²) < 4.78 is 0. The van der Waals surface area contributed by atoms with Crippen LogP contribution in [0.3, 0.4) is 0 Å². The highest BCUT2D eigenvalue weighted by Crippen LogP contribution is 2.34. The number of aliphatic carboxylic acids is 1. The van der Waals surface area contributed by atoms with Gasteiger partial charge in [0.1, 0.15) is 0 Å². The molecule has 0 amide bonds. The monoisotopic (exact) mass is 255 g/mol. The van der Waals surface area contributed by atoms with E-state index in [1.807, 2.05) is 19.1 Å². The van der Waals surface area contributed by atoms with Crippen molar-refractivity contribution in [3.05, 3.63) is 28.8 Å². The molecule has 0 spiro atoms. The number of anilines is 1. The maximum atomic E-state index is 10.7. The molecule has 1 aliphatic carbocycles. The van der Waals surface area contributed by atoms with Gasteiger partial charge in [0.15, 0.2) is 0 Å². The summed E-state index contributed by atoms with van der Waals surface area (Å²) in [4.78, 5) is 10.7. The minimum Gasteiger partial charge on any atom is -0.481 e. The van der Waals surface area contributed by atoms with Gasteiger partial charge in [-0.1, -0.05) is 13.0 Å². The van der Waals surface area contributed by atoms with Crippen LogP contribution in [0.1, 0.15) is 42.4 Å². The first kappa shape index (κ1) is 13.8. The summed E-state index contributed by atoms with van der Waals surface area (Å²) >= 11 is 0. The van der Waals surface area contributed by atoms with E-state index in [4.69, 9.17) is 10.8 Å². The summed E-state index contributed by atoms with van der Waals surface area (Å²) in [5.74, 6) is -0.666. The molecule has 17 heavy (non-hydrogen) atoms. The maximum absolute atomic E-state index is 10.7. The molecule has 1 unspecified atom stereocenters. The lowest BCUT2D eigenvalue weighted by molar-refractivity contribution is -0.137. The molecule has 2 rings (SSSR count). The summed E-state index contributed by atoms with van der Waals surface area (Å²) in [6, 6.07) is 3.91. The SMILES string of the molecule is CC(CC(=O)O)c1ccc(N)c2c1CCC2.Cl. The van der Waals surface area contributed by atoms with Crippen molar-refractivity contribution in [1.82, 2.24) is 0 Å². The van der Waals surface area contributed by atoms with E-state index in [2.05, 4.69) is 0 Å². The second kappa shape index (κ2) is 5.41. The molecule has 1 atom stereocenters. The van der Waals surface area contributed by atoms with Crippen LogP contribution in [-0.2, 0) is 17.6 Å². The van der Waals surface area contributed by atoms with Crippen LogP contribution in [0.4, 0.5) is 5.69 Å². The standard InChI is InChI=1S/C13H17NO2.ClH/c1-8(7-13(15)16)9-5-6-12(14)11-4-2-3-10(9)11;/h5-6,8H,2-4,7,14H2,1H3,(H,15,16);1H. The number of hydrogen-bond acceptors (Lipinski definition) is 2. The summed E-state index contributed by atoms with van der Waals surface area (Å²) in [7, 11) is 0. The summed E-state index contributed by atoms with van der Waals surface area (Å²) in [6.45, 7) is 1.97. The van der Waals surface area contributed by atoms with Gasteiger partial charge in [0.25, 0.3) is 0 Å². The fraction of sp³-hybridized carbons (Fsp3) is 0.462. The number of rotatable bonds is 3. The fourth-order valence-corrected chi connectivity index (χ4v) is 2.60. The van der Waals surface area contributed by atoms with Crippen LogP contribution in [0.25, 0.3) is 0 Å². The van der Waals surface area contributed by atoms with E-state index >= 15 is 0 Å². The first-order valence-corrected chi connectivity index (χ1v) is 5.71. The third-order valence-corrected chi connectivity index (χ3v) is 3.37. The Morgan fingerprint density at radius 3 is 2.71 bits per heavy atom. The topological polar surface area (TPSA) is 63.3 Å². The third kappa shape index (κ3) is 2.72. The molecular weight excluding hydrogens is 238 g/mol. The van der Waals surface area contributed by atoms with Crippen LogP contribution in [0.5, 0.6) is 0 Å². The molecule has 0 aliphatic heterocycles. The average molecular weight is 256 g/mol. The maximum Gasteiger partial charge on any atom is 0.303 e. The minimum absolute atomic E-state index is 0. The number of halogens is 1. The summed E-state index contributed by atoms with van der Waals surface area (Å²) in [5, 5.41) is 8.82. The fourth-order valence-electron chi connectivity index (χ4n) is 2.60. The van der Waals surface area contributed by atoms with Crippen molar-refractivity contribution < 1.29 is 9.90 Å². The molecule has 1 aliphatic rings. The first-order chi connectivity index (χ1) is 7.59. The molecule has 94 valence electrons. The van der Waals surface area contributed by atoms with Crippen molar-refractivity contribution in [2.24, 2.45) is 0 Å². The normalized spacial score (nSPS) is 14.9. The zero-order valence-electron chi connectivity index (χ0n) is 9.90. The molecule has 1 aromatic carbocycles. The highest BCUT2D eigenvalue weighted by atomic mass is 35.5. The van der Waals surface area contributed by atoms with Gasteiger partial charge in [0, 0.05) is 5.69 Å². The van der Waals surface area contributed by atoms with Gasteiger partial charge in [0.2, 0.25) is 0 Å². The quantitative estimate of drug-likeness (QED) is 0.817. The molecule has 0 saturated heterocycles. The highest BCUT2D eigenvalue weighted by molar-refractivity contribution is 5.85. The van der Waals surface area contributed by atoms with E-state index in [0.29, 0.717) is 0 Å². The van der Waals surface area contributed by atoms with Crippen LogP contribution in [0.15, 0.2) is 12.1 Å². The van der Waals surface area contributed by atoms with Gasteiger partial charge < -0.3 is 10.8 Å². The molecule has 4 heteroatoms. The Morgan fingerprint density at radius 2 is 2.06 bits per heavy atom. The van der Waals surface area contributed by atoms with Crippen molar-refractivity contribution in [1.29, 1.82) is 0 Å². The van der Waals surface area contributed by atoms with E-state index < -0.39 is 5.97 Å². The second-order valence-corrected chi connectivity index (χ2v) is 4.55. The van der Waals surface area contributed by atoms with Crippen LogP contribution in [-0.4, -0.2) is 11.1 Å². The Hall–Kier alpha value is -1.22. The number of carboxylic acid groups (broad SMARTS) is 1. The molecule has 3 N–H and O–H groups in total. The smallest absolute Gasteiger partial charge is 0.303 e. The predicted molar refractivity (Wildman–Crippen MR) is 70.8 cm³/mol. The van der Waals surface area contributed by atoms with Gasteiger partial charge in [-0.25, -0.2) is 0 Å². The van der Waals surface area contributed by atoms with E-state index in [1.54, 1.807) is 0 Å². The number of fused-ring (bicyclic) bond motifs is 1. The number of nitrogens with two attached hydrogens (primary N) is 1. The summed E-state index contributed by atoms with van der Waals surface area (Å²) in [6.07, 6.45) is 3.40. The second-order valence-electron chi connectivity index (χ2n) is 4.55. The molecule has 0 aromatic heterocycles. The number of carbonyl (C=O) groups is 1. The summed E-state index contributed by atoms with van der Waals surface area (Å²) in [5.41, 5.74) is 10.5. The average Bonchev–Trinajstić information content (AvgIpc) is 2.66. The zero-order valence-corrected chi connectivity index (χ0v) is 10.7. The van der Waals surface area contributed by atoms with Crippen LogP contribution in [0, 0.1) is 0 Å². The van der Waals surface area contributed by atoms with Crippen LogP contribution in [0.2, 0.25) is 0 Å². The van der Waals surface area contributed by atoms with Crippen molar-refractivity contribution in [3.8, 4) is 0 Å². The zero-order chi connectivity index (χ0) is 11.7. The Bertz CT molecular complexity index is 432.